The highest BCUT2D eigenvalue weighted by Crippen LogP contribution is 2.40. The smallest absolute Gasteiger partial charge is 0.227 e. The standard InChI is InChI=1S/C21H23FN2O3/c22-18-6-4-16(5-7-18)11-20(25)24-14-21(15-24)17(8-10-27-21)12-26-13-19-3-1-2-9-23-19/h1-7,9,17H,8,10-15H2. The van der Waals surface area contributed by atoms with Crippen molar-refractivity contribution in [2.45, 2.75) is 25.0 Å². The van der Waals surface area contributed by atoms with E-state index in [0.717, 1.165) is 17.7 Å². The van der Waals surface area contributed by atoms with Crippen molar-refractivity contribution < 1.29 is 18.7 Å². The number of amides is 1. The van der Waals surface area contributed by atoms with E-state index in [4.69, 9.17) is 9.47 Å². The van der Waals surface area contributed by atoms with Crippen molar-refractivity contribution in [1.82, 2.24) is 9.88 Å². The van der Waals surface area contributed by atoms with Gasteiger partial charge in [0.25, 0.3) is 0 Å². The monoisotopic (exact) mass is 370 g/mol. The van der Waals surface area contributed by atoms with E-state index in [9.17, 15) is 9.18 Å². The van der Waals surface area contributed by atoms with Gasteiger partial charge in [-0.25, -0.2) is 4.39 Å². The number of ether oxygens (including phenoxy) is 2. The van der Waals surface area contributed by atoms with Crippen LogP contribution >= 0.6 is 0 Å². The first-order valence-electron chi connectivity index (χ1n) is 9.28. The van der Waals surface area contributed by atoms with E-state index in [-0.39, 0.29) is 29.7 Å². The molecule has 6 heteroatoms. The summed E-state index contributed by atoms with van der Waals surface area (Å²) in [5, 5.41) is 0. The Hall–Kier alpha value is -2.31. The summed E-state index contributed by atoms with van der Waals surface area (Å²) in [6.07, 6.45) is 2.99. The van der Waals surface area contributed by atoms with Gasteiger partial charge in [0.1, 0.15) is 11.4 Å². The van der Waals surface area contributed by atoms with Gasteiger partial charge in [0, 0.05) is 18.7 Å². The summed E-state index contributed by atoms with van der Waals surface area (Å²) in [4.78, 5) is 18.5. The fourth-order valence-corrected chi connectivity index (χ4v) is 3.82. The minimum Gasteiger partial charge on any atom is -0.375 e. The molecular formula is C21H23FN2O3. The summed E-state index contributed by atoms with van der Waals surface area (Å²) in [5.41, 5.74) is 1.46. The van der Waals surface area contributed by atoms with E-state index in [1.54, 1.807) is 18.3 Å². The van der Waals surface area contributed by atoms with E-state index in [0.29, 0.717) is 32.9 Å². The number of carbonyl (C=O) groups is 1. The first-order valence-corrected chi connectivity index (χ1v) is 9.28. The second-order valence-corrected chi connectivity index (χ2v) is 7.29. The summed E-state index contributed by atoms with van der Waals surface area (Å²) in [6.45, 7) is 3.00. The normalized spacial score (nSPS) is 20.6. The molecule has 4 rings (SSSR count). The van der Waals surface area contributed by atoms with Crippen LogP contribution in [0.1, 0.15) is 17.7 Å². The molecular weight excluding hydrogens is 347 g/mol. The Bertz CT molecular complexity index is 776. The Labute approximate surface area is 158 Å². The molecule has 2 aliphatic heterocycles. The molecule has 1 aromatic carbocycles. The molecule has 27 heavy (non-hydrogen) atoms. The summed E-state index contributed by atoms with van der Waals surface area (Å²) < 4.78 is 24.8. The molecule has 2 saturated heterocycles. The molecule has 2 fully saturated rings. The number of hydrogen-bond donors (Lipinski definition) is 0. The Morgan fingerprint density at radius 3 is 2.81 bits per heavy atom. The lowest BCUT2D eigenvalue weighted by Crippen LogP contribution is -2.66. The number of nitrogens with zero attached hydrogens (tertiary/aromatic N) is 2. The first kappa shape index (κ1) is 18.1. The molecule has 0 aliphatic carbocycles. The van der Waals surface area contributed by atoms with Crippen LogP contribution in [0.25, 0.3) is 0 Å². The zero-order valence-corrected chi connectivity index (χ0v) is 15.1. The van der Waals surface area contributed by atoms with Gasteiger partial charge in [-0.3, -0.25) is 9.78 Å². The average molecular weight is 370 g/mol. The van der Waals surface area contributed by atoms with E-state index in [1.807, 2.05) is 23.1 Å². The zero-order valence-electron chi connectivity index (χ0n) is 15.1. The molecule has 2 aromatic rings. The van der Waals surface area contributed by atoms with Crippen molar-refractivity contribution in [3.63, 3.8) is 0 Å². The zero-order chi connectivity index (χ0) is 18.7. The predicted molar refractivity (Wildman–Crippen MR) is 97.4 cm³/mol. The highest BCUT2D eigenvalue weighted by Gasteiger charge is 2.54. The maximum absolute atomic E-state index is 13.0. The molecule has 5 nitrogen and oxygen atoms in total. The SMILES string of the molecule is O=C(Cc1ccc(F)cc1)N1CC2(C1)OCCC2COCc1ccccn1. The minimum absolute atomic E-state index is 0.0517. The second kappa shape index (κ2) is 7.74. The molecule has 1 aromatic heterocycles. The molecule has 1 amide bonds. The van der Waals surface area contributed by atoms with Crippen LogP contribution in [0.3, 0.4) is 0 Å². The average Bonchev–Trinajstić information content (AvgIpc) is 3.07. The molecule has 0 bridgehead atoms. The number of rotatable bonds is 6. The van der Waals surface area contributed by atoms with Gasteiger partial charge in [0.15, 0.2) is 0 Å². The molecule has 142 valence electrons. The predicted octanol–water partition coefficient (Wildman–Crippen LogP) is 2.60. The second-order valence-electron chi connectivity index (χ2n) is 7.29. The number of hydrogen-bond acceptors (Lipinski definition) is 4. The molecule has 1 spiro atoms. The lowest BCUT2D eigenvalue weighted by atomic mass is 9.81. The van der Waals surface area contributed by atoms with E-state index < -0.39 is 0 Å². The maximum Gasteiger partial charge on any atom is 0.227 e. The van der Waals surface area contributed by atoms with Gasteiger partial charge >= 0.3 is 0 Å². The van der Waals surface area contributed by atoms with Crippen molar-refractivity contribution in [2.24, 2.45) is 5.92 Å². The van der Waals surface area contributed by atoms with Crippen LogP contribution in [0.4, 0.5) is 4.39 Å². The van der Waals surface area contributed by atoms with Crippen LogP contribution in [0.5, 0.6) is 0 Å². The Balaban J connectivity index is 1.27. The molecule has 0 saturated carbocycles. The fraction of sp³-hybridized carbons (Fsp3) is 0.429. The van der Waals surface area contributed by atoms with Crippen LogP contribution < -0.4 is 0 Å². The lowest BCUT2D eigenvalue weighted by Gasteiger charge is -2.50. The lowest BCUT2D eigenvalue weighted by molar-refractivity contribution is -0.168. The van der Waals surface area contributed by atoms with Gasteiger partial charge < -0.3 is 14.4 Å². The van der Waals surface area contributed by atoms with E-state index >= 15 is 0 Å². The molecule has 0 N–H and O–H groups in total. The van der Waals surface area contributed by atoms with Crippen molar-refractivity contribution in [1.29, 1.82) is 0 Å². The van der Waals surface area contributed by atoms with Crippen LogP contribution in [0, 0.1) is 11.7 Å². The van der Waals surface area contributed by atoms with Crippen molar-refractivity contribution in [2.75, 3.05) is 26.3 Å². The van der Waals surface area contributed by atoms with Crippen LogP contribution in [-0.2, 0) is 27.3 Å². The Kier molecular flexibility index (Phi) is 5.18. The number of likely N-dealkylation sites (tertiary alicyclic amines) is 1. The topological polar surface area (TPSA) is 51.7 Å². The van der Waals surface area contributed by atoms with Gasteiger partial charge in [-0.2, -0.15) is 0 Å². The molecule has 1 unspecified atom stereocenters. The summed E-state index contributed by atoms with van der Waals surface area (Å²) in [5.74, 6) is 0.0500. The Morgan fingerprint density at radius 1 is 1.26 bits per heavy atom. The molecule has 0 radical (unpaired) electrons. The number of carbonyl (C=O) groups excluding carboxylic acids is 1. The van der Waals surface area contributed by atoms with Crippen LogP contribution in [0.15, 0.2) is 48.7 Å². The summed E-state index contributed by atoms with van der Waals surface area (Å²) >= 11 is 0. The number of benzene rings is 1. The number of pyridine rings is 1. The molecule has 3 heterocycles. The third-order valence-corrected chi connectivity index (χ3v) is 5.43. The Morgan fingerprint density at radius 2 is 2.07 bits per heavy atom. The number of aromatic nitrogens is 1. The van der Waals surface area contributed by atoms with Gasteiger partial charge in [0.2, 0.25) is 5.91 Å². The van der Waals surface area contributed by atoms with Gasteiger partial charge in [-0.1, -0.05) is 18.2 Å². The van der Waals surface area contributed by atoms with Crippen molar-refractivity contribution in [3.8, 4) is 0 Å². The van der Waals surface area contributed by atoms with Gasteiger partial charge in [-0.05, 0) is 36.2 Å². The number of halogens is 1. The van der Waals surface area contributed by atoms with Crippen LogP contribution in [0.2, 0.25) is 0 Å². The summed E-state index contributed by atoms with van der Waals surface area (Å²) in [6, 6.07) is 11.9. The fourth-order valence-electron chi connectivity index (χ4n) is 3.82. The minimum atomic E-state index is -0.290. The van der Waals surface area contributed by atoms with Crippen molar-refractivity contribution >= 4 is 5.91 Å². The van der Waals surface area contributed by atoms with Gasteiger partial charge in [-0.15, -0.1) is 0 Å². The highest BCUT2D eigenvalue weighted by atomic mass is 19.1. The summed E-state index contributed by atoms with van der Waals surface area (Å²) in [7, 11) is 0. The van der Waals surface area contributed by atoms with Crippen LogP contribution in [-0.4, -0.2) is 47.7 Å². The maximum atomic E-state index is 13.0. The highest BCUT2D eigenvalue weighted by molar-refractivity contribution is 5.80. The van der Waals surface area contributed by atoms with Crippen molar-refractivity contribution in [3.05, 3.63) is 65.7 Å². The third-order valence-electron chi connectivity index (χ3n) is 5.43. The van der Waals surface area contributed by atoms with Gasteiger partial charge in [0.05, 0.1) is 38.4 Å². The first-order chi connectivity index (χ1) is 13.1. The third kappa shape index (κ3) is 4.01. The van der Waals surface area contributed by atoms with E-state index in [2.05, 4.69) is 4.98 Å². The quantitative estimate of drug-likeness (QED) is 0.784. The largest absolute Gasteiger partial charge is 0.375 e. The molecule has 1 atom stereocenters. The molecule has 2 aliphatic rings. The van der Waals surface area contributed by atoms with E-state index in [1.165, 1.54) is 12.1 Å².